The second-order valence-electron chi connectivity index (χ2n) is 7.89. The van der Waals surface area contributed by atoms with Gasteiger partial charge in [0.25, 0.3) is 0 Å². The number of halogens is 1. The van der Waals surface area contributed by atoms with Crippen molar-refractivity contribution in [1.82, 2.24) is 14.4 Å². The molecule has 0 radical (unpaired) electrons. The summed E-state index contributed by atoms with van der Waals surface area (Å²) >= 11 is 1.60. The van der Waals surface area contributed by atoms with Crippen LogP contribution in [0, 0.1) is 12.8 Å². The average molecular weight is 445 g/mol. The Bertz CT molecular complexity index is 1040. The molecule has 1 aliphatic rings. The number of benzene rings is 1. The lowest BCUT2D eigenvalue weighted by Gasteiger charge is -2.24. The van der Waals surface area contributed by atoms with Crippen molar-refractivity contribution in [3.63, 3.8) is 0 Å². The molecule has 1 aromatic carbocycles. The van der Waals surface area contributed by atoms with Gasteiger partial charge in [0.2, 0.25) is 0 Å². The average Bonchev–Trinajstić information content (AvgIpc) is 3.52. The highest BCUT2D eigenvalue weighted by atomic mass is 32.2. The second-order valence-corrected chi connectivity index (χ2v) is 8.69. The SMILES string of the molecule is COc1cc(C)cc(OC)c1-c1nccn2c(N(CCCF)CC3CC3)c(SC)nc12. The van der Waals surface area contributed by atoms with E-state index in [1.807, 2.05) is 31.5 Å². The number of alkyl halides is 1. The van der Waals surface area contributed by atoms with Crippen molar-refractivity contribution < 1.29 is 13.9 Å². The molecule has 0 atom stereocenters. The van der Waals surface area contributed by atoms with Gasteiger partial charge < -0.3 is 14.4 Å². The Kier molecular flexibility index (Phi) is 6.55. The van der Waals surface area contributed by atoms with Crippen LogP contribution in [0.1, 0.15) is 24.8 Å². The minimum Gasteiger partial charge on any atom is -0.496 e. The minimum atomic E-state index is -0.322. The number of anilines is 1. The first-order chi connectivity index (χ1) is 15.1. The molecule has 1 aliphatic carbocycles. The molecule has 0 aliphatic heterocycles. The van der Waals surface area contributed by atoms with Crippen molar-refractivity contribution in [3.8, 4) is 22.8 Å². The van der Waals surface area contributed by atoms with Crippen molar-refractivity contribution in [2.45, 2.75) is 31.2 Å². The number of rotatable bonds is 10. The van der Waals surface area contributed by atoms with Crippen molar-refractivity contribution in [2.24, 2.45) is 5.92 Å². The van der Waals surface area contributed by atoms with Crippen molar-refractivity contribution >= 4 is 23.2 Å². The standard InChI is InChI=1S/C23H29FN4O2S/c1-15-12-17(29-2)19(18(13-15)30-3)20-21-26-22(31-4)23(28(21)11-9-25-20)27(10-5-8-24)14-16-6-7-16/h9,11-13,16H,5-8,10,14H2,1-4H3. The quantitative estimate of drug-likeness (QED) is 0.409. The van der Waals surface area contributed by atoms with Gasteiger partial charge in [-0.05, 0) is 56.1 Å². The van der Waals surface area contributed by atoms with Gasteiger partial charge in [-0.25, -0.2) is 4.98 Å². The van der Waals surface area contributed by atoms with E-state index in [0.29, 0.717) is 36.1 Å². The van der Waals surface area contributed by atoms with Crippen LogP contribution >= 0.6 is 11.8 Å². The maximum atomic E-state index is 13.0. The number of aromatic nitrogens is 3. The summed E-state index contributed by atoms with van der Waals surface area (Å²) in [5.74, 6) is 3.08. The van der Waals surface area contributed by atoms with Gasteiger partial charge in [0, 0.05) is 25.5 Å². The third-order valence-electron chi connectivity index (χ3n) is 5.60. The molecule has 4 rings (SSSR count). The number of fused-ring (bicyclic) bond motifs is 1. The number of imidazole rings is 1. The fraction of sp³-hybridized carbons (Fsp3) is 0.478. The Morgan fingerprint density at radius 1 is 1.23 bits per heavy atom. The lowest BCUT2D eigenvalue weighted by Crippen LogP contribution is -2.29. The van der Waals surface area contributed by atoms with E-state index in [0.717, 1.165) is 34.2 Å². The molecule has 2 aromatic heterocycles. The van der Waals surface area contributed by atoms with Gasteiger partial charge in [0.15, 0.2) is 5.65 Å². The van der Waals surface area contributed by atoms with Gasteiger partial charge >= 0.3 is 0 Å². The molecule has 0 N–H and O–H groups in total. The normalized spacial score (nSPS) is 13.6. The van der Waals surface area contributed by atoms with Gasteiger partial charge in [-0.3, -0.25) is 13.8 Å². The molecule has 0 saturated heterocycles. The van der Waals surface area contributed by atoms with E-state index >= 15 is 0 Å². The Balaban J connectivity index is 1.91. The Hall–Kier alpha value is -2.48. The number of hydrogen-bond donors (Lipinski definition) is 0. The van der Waals surface area contributed by atoms with Crippen molar-refractivity contribution in [1.29, 1.82) is 0 Å². The molecule has 0 spiro atoms. The number of hydrogen-bond acceptors (Lipinski definition) is 6. The van der Waals surface area contributed by atoms with E-state index in [9.17, 15) is 4.39 Å². The van der Waals surface area contributed by atoms with E-state index in [1.165, 1.54) is 12.8 Å². The Morgan fingerprint density at radius 2 is 1.94 bits per heavy atom. The summed E-state index contributed by atoms with van der Waals surface area (Å²) in [6, 6.07) is 3.95. The highest BCUT2D eigenvalue weighted by molar-refractivity contribution is 7.98. The first-order valence-electron chi connectivity index (χ1n) is 10.6. The smallest absolute Gasteiger partial charge is 0.166 e. The molecule has 31 heavy (non-hydrogen) atoms. The summed E-state index contributed by atoms with van der Waals surface area (Å²) < 4.78 is 26.5. The molecule has 0 unspecified atom stereocenters. The maximum Gasteiger partial charge on any atom is 0.166 e. The molecule has 3 aromatic rings. The lowest BCUT2D eigenvalue weighted by atomic mass is 10.1. The predicted octanol–water partition coefficient (Wildman–Crippen LogP) is 5.02. The molecule has 0 amide bonds. The zero-order valence-electron chi connectivity index (χ0n) is 18.5. The van der Waals surface area contributed by atoms with Crippen LogP contribution in [-0.2, 0) is 0 Å². The topological polar surface area (TPSA) is 51.9 Å². The zero-order chi connectivity index (χ0) is 22.0. The highest BCUT2D eigenvalue weighted by Crippen LogP contribution is 2.42. The molecule has 2 heterocycles. The largest absolute Gasteiger partial charge is 0.496 e. The summed E-state index contributed by atoms with van der Waals surface area (Å²) in [7, 11) is 3.30. The van der Waals surface area contributed by atoms with Crippen LogP contribution in [0.3, 0.4) is 0 Å². The number of ether oxygens (including phenoxy) is 2. The second kappa shape index (κ2) is 9.34. The van der Waals surface area contributed by atoms with Crippen molar-refractivity contribution in [2.75, 3.05) is 45.1 Å². The van der Waals surface area contributed by atoms with E-state index in [2.05, 4.69) is 14.3 Å². The number of thioether (sulfide) groups is 1. The molecule has 1 fully saturated rings. The Morgan fingerprint density at radius 3 is 2.52 bits per heavy atom. The van der Waals surface area contributed by atoms with Crippen LogP contribution < -0.4 is 14.4 Å². The van der Waals surface area contributed by atoms with E-state index in [1.54, 1.807) is 32.2 Å². The molecule has 0 bridgehead atoms. The van der Waals surface area contributed by atoms with E-state index in [4.69, 9.17) is 14.5 Å². The van der Waals surface area contributed by atoms with E-state index < -0.39 is 0 Å². The fourth-order valence-corrected chi connectivity index (χ4v) is 4.56. The van der Waals surface area contributed by atoms with Gasteiger partial charge in [-0.15, -0.1) is 11.8 Å². The van der Waals surface area contributed by atoms with Crippen molar-refractivity contribution in [3.05, 3.63) is 30.1 Å². The van der Waals surface area contributed by atoms with Crippen LogP contribution in [0.4, 0.5) is 10.2 Å². The summed E-state index contributed by atoms with van der Waals surface area (Å²) in [5.41, 5.74) is 3.26. The molecular weight excluding hydrogens is 415 g/mol. The van der Waals surface area contributed by atoms with Gasteiger partial charge in [-0.1, -0.05) is 0 Å². The molecule has 1 saturated carbocycles. The number of aryl methyl sites for hydroxylation is 1. The summed E-state index contributed by atoms with van der Waals surface area (Å²) in [4.78, 5) is 11.9. The first-order valence-corrected chi connectivity index (χ1v) is 11.8. The molecule has 8 heteroatoms. The summed E-state index contributed by atoms with van der Waals surface area (Å²) in [5, 5.41) is 0.916. The summed E-state index contributed by atoms with van der Waals surface area (Å²) in [6.45, 7) is 3.28. The lowest BCUT2D eigenvalue weighted by molar-refractivity contribution is 0.396. The monoisotopic (exact) mass is 444 g/mol. The highest BCUT2D eigenvalue weighted by Gasteiger charge is 2.29. The van der Waals surface area contributed by atoms with Gasteiger partial charge in [0.1, 0.15) is 28.0 Å². The minimum absolute atomic E-state index is 0.322. The predicted molar refractivity (Wildman–Crippen MR) is 124 cm³/mol. The third kappa shape index (κ3) is 4.31. The fourth-order valence-electron chi connectivity index (χ4n) is 3.97. The molecule has 6 nitrogen and oxygen atoms in total. The zero-order valence-corrected chi connectivity index (χ0v) is 19.3. The van der Waals surface area contributed by atoms with Crippen LogP contribution in [0.2, 0.25) is 0 Å². The van der Waals surface area contributed by atoms with Gasteiger partial charge in [0.05, 0.1) is 26.5 Å². The van der Waals surface area contributed by atoms with Crippen LogP contribution in [0.15, 0.2) is 29.6 Å². The maximum absolute atomic E-state index is 13.0. The van der Waals surface area contributed by atoms with Crippen LogP contribution in [0.5, 0.6) is 11.5 Å². The summed E-state index contributed by atoms with van der Waals surface area (Å²) in [6.07, 6.45) is 8.72. The Labute approximate surface area is 186 Å². The molecular formula is C23H29FN4O2S. The van der Waals surface area contributed by atoms with E-state index in [-0.39, 0.29) is 6.67 Å². The first kappa shape index (κ1) is 21.7. The van der Waals surface area contributed by atoms with Crippen LogP contribution in [-0.4, -0.2) is 54.6 Å². The third-order valence-corrected chi connectivity index (χ3v) is 6.26. The molecule has 166 valence electrons. The number of nitrogens with zero attached hydrogens (tertiary/aromatic N) is 4. The number of methoxy groups -OCH3 is 2. The van der Waals surface area contributed by atoms with Gasteiger partial charge in [-0.2, -0.15) is 0 Å². The van der Waals surface area contributed by atoms with Crippen LogP contribution in [0.25, 0.3) is 16.9 Å².